The van der Waals surface area contributed by atoms with Crippen molar-refractivity contribution in [2.75, 3.05) is 0 Å². The summed E-state index contributed by atoms with van der Waals surface area (Å²) in [7, 11) is 0. The van der Waals surface area contributed by atoms with Gasteiger partial charge in [0.1, 0.15) is 11.6 Å². The van der Waals surface area contributed by atoms with Gasteiger partial charge < -0.3 is 4.57 Å². The third-order valence-electron chi connectivity index (χ3n) is 3.51. The van der Waals surface area contributed by atoms with Gasteiger partial charge >= 0.3 is 0 Å². The van der Waals surface area contributed by atoms with Crippen LogP contribution < -0.4 is 0 Å². The van der Waals surface area contributed by atoms with Crippen molar-refractivity contribution in [2.24, 2.45) is 0 Å². The largest absolute Gasteiger partial charge is 0.323 e. The van der Waals surface area contributed by atoms with Gasteiger partial charge in [0.2, 0.25) is 0 Å². The van der Waals surface area contributed by atoms with Gasteiger partial charge in [-0.05, 0) is 43.7 Å². The number of halogens is 2. The van der Waals surface area contributed by atoms with Crippen LogP contribution in [-0.2, 0) is 0 Å². The molecule has 4 heteroatoms. The average Bonchev–Trinajstić information content (AvgIpc) is 2.85. The van der Waals surface area contributed by atoms with Crippen LogP contribution in [0.1, 0.15) is 37.4 Å². The third kappa shape index (κ3) is 2.42. The molecule has 0 amide bonds. The van der Waals surface area contributed by atoms with E-state index in [0.29, 0.717) is 5.82 Å². The van der Waals surface area contributed by atoms with Gasteiger partial charge in [-0.2, -0.15) is 0 Å². The number of alkyl halides is 1. The highest BCUT2D eigenvalue weighted by atomic mass is 19.1. The Labute approximate surface area is 122 Å². The molecule has 1 unspecified atom stereocenters. The first-order valence-electron chi connectivity index (χ1n) is 6.94. The standard InChI is InChI=1S/C17H16F2N2/c1-11(2)21-15-9-4-3-8-14(15)20-17(21)16(19)12-6-5-7-13(18)10-12/h3-11,16H,1-2H3. The molecule has 0 radical (unpaired) electrons. The molecule has 3 rings (SSSR count). The van der Waals surface area contributed by atoms with Crippen LogP contribution in [-0.4, -0.2) is 9.55 Å². The van der Waals surface area contributed by atoms with E-state index in [1.54, 1.807) is 6.07 Å². The maximum Gasteiger partial charge on any atom is 0.183 e. The van der Waals surface area contributed by atoms with E-state index < -0.39 is 12.0 Å². The number of nitrogens with zero attached hydrogens (tertiary/aromatic N) is 2. The Morgan fingerprint density at radius 3 is 2.52 bits per heavy atom. The minimum atomic E-state index is -1.45. The molecule has 108 valence electrons. The number of hydrogen-bond acceptors (Lipinski definition) is 1. The summed E-state index contributed by atoms with van der Waals surface area (Å²) >= 11 is 0. The number of aromatic nitrogens is 2. The molecule has 0 spiro atoms. The Bertz CT molecular complexity index is 777. The topological polar surface area (TPSA) is 17.8 Å². The molecule has 0 N–H and O–H groups in total. The van der Waals surface area contributed by atoms with Crippen LogP contribution in [0.2, 0.25) is 0 Å². The summed E-state index contributed by atoms with van der Waals surface area (Å²) in [5.41, 5.74) is 1.93. The van der Waals surface area contributed by atoms with Gasteiger partial charge in [-0.15, -0.1) is 0 Å². The van der Waals surface area contributed by atoms with E-state index in [1.807, 2.05) is 42.7 Å². The second kappa shape index (κ2) is 5.28. The van der Waals surface area contributed by atoms with Crippen LogP contribution in [0, 0.1) is 5.82 Å². The highest BCUT2D eigenvalue weighted by Crippen LogP contribution is 2.31. The van der Waals surface area contributed by atoms with Crippen molar-refractivity contribution >= 4 is 11.0 Å². The van der Waals surface area contributed by atoms with Crippen LogP contribution in [0.4, 0.5) is 8.78 Å². The molecule has 0 bridgehead atoms. The lowest BCUT2D eigenvalue weighted by atomic mass is 10.1. The summed E-state index contributed by atoms with van der Waals surface area (Å²) in [5, 5.41) is 0. The summed E-state index contributed by atoms with van der Waals surface area (Å²) in [5.74, 6) is -0.126. The van der Waals surface area contributed by atoms with E-state index in [2.05, 4.69) is 4.98 Å². The molecule has 1 atom stereocenters. The molecule has 0 aliphatic carbocycles. The minimum Gasteiger partial charge on any atom is -0.323 e. The zero-order valence-electron chi connectivity index (χ0n) is 11.9. The summed E-state index contributed by atoms with van der Waals surface area (Å²) < 4.78 is 30.0. The molecule has 0 aliphatic rings. The Kier molecular flexibility index (Phi) is 3.45. The van der Waals surface area contributed by atoms with Crippen molar-refractivity contribution in [3.05, 3.63) is 65.7 Å². The fourth-order valence-electron chi connectivity index (χ4n) is 2.60. The van der Waals surface area contributed by atoms with Gasteiger partial charge in [-0.1, -0.05) is 24.3 Å². The van der Waals surface area contributed by atoms with E-state index in [1.165, 1.54) is 18.2 Å². The van der Waals surface area contributed by atoms with Gasteiger partial charge in [0.25, 0.3) is 0 Å². The lowest BCUT2D eigenvalue weighted by Gasteiger charge is -2.16. The van der Waals surface area contributed by atoms with E-state index >= 15 is 0 Å². The minimum absolute atomic E-state index is 0.0687. The zero-order chi connectivity index (χ0) is 15.0. The quantitative estimate of drug-likeness (QED) is 0.675. The van der Waals surface area contributed by atoms with E-state index in [4.69, 9.17) is 0 Å². The third-order valence-corrected chi connectivity index (χ3v) is 3.51. The van der Waals surface area contributed by atoms with Crippen molar-refractivity contribution in [2.45, 2.75) is 26.1 Å². The first-order chi connectivity index (χ1) is 10.1. The molecule has 1 heterocycles. The fourth-order valence-corrected chi connectivity index (χ4v) is 2.60. The molecule has 3 aromatic rings. The summed E-state index contributed by atoms with van der Waals surface area (Å²) in [6.45, 7) is 3.96. The van der Waals surface area contributed by atoms with Gasteiger partial charge in [-0.25, -0.2) is 13.8 Å². The molecule has 0 saturated carbocycles. The van der Waals surface area contributed by atoms with Crippen molar-refractivity contribution in [3.63, 3.8) is 0 Å². The van der Waals surface area contributed by atoms with Crippen LogP contribution in [0.15, 0.2) is 48.5 Å². The predicted octanol–water partition coefficient (Wildman–Crippen LogP) is 4.82. The van der Waals surface area contributed by atoms with Gasteiger partial charge in [0.15, 0.2) is 6.17 Å². The summed E-state index contributed by atoms with van der Waals surface area (Å²) in [6, 6.07) is 13.2. The second-order valence-electron chi connectivity index (χ2n) is 5.34. The lowest BCUT2D eigenvalue weighted by molar-refractivity contribution is 0.364. The molecule has 2 nitrogen and oxygen atoms in total. The molecule has 1 aromatic heterocycles. The number of benzene rings is 2. The smallest absolute Gasteiger partial charge is 0.183 e. The molecular formula is C17H16F2N2. The zero-order valence-corrected chi connectivity index (χ0v) is 11.9. The van der Waals surface area contributed by atoms with Crippen molar-refractivity contribution in [1.82, 2.24) is 9.55 Å². The maximum atomic E-state index is 14.9. The monoisotopic (exact) mass is 286 g/mol. The Hall–Kier alpha value is -2.23. The molecule has 0 saturated heterocycles. The first-order valence-corrected chi connectivity index (χ1v) is 6.94. The SMILES string of the molecule is CC(C)n1c(C(F)c2cccc(F)c2)nc2ccccc21. The molecular weight excluding hydrogens is 270 g/mol. The number of imidazole rings is 1. The number of rotatable bonds is 3. The first kappa shape index (κ1) is 13.7. The highest BCUT2D eigenvalue weighted by molar-refractivity contribution is 5.76. The maximum absolute atomic E-state index is 14.9. The van der Waals surface area contributed by atoms with Gasteiger partial charge in [0, 0.05) is 6.04 Å². The van der Waals surface area contributed by atoms with Crippen LogP contribution in [0.5, 0.6) is 0 Å². The van der Waals surface area contributed by atoms with E-state index in [-0.39, 0.29) is 11.6 Å². The fraction of sp³-hybridized carbons (Fsp3) is 0.235. The van der Waals surface area contributed by atoms with Gasteiger partial charge in [-0.3, -0.25) is 0 Å². The Balaban J connectivity index is 2.17. The molecule has 0 aliphatic heterocycles. The second-order valence-corrected chi connectivity index (χ2v) is 5.34. The van der Waals surface area contributed by atoms with Gasteiger partial charge in [0.05, 0.1) is 11.0 Å². The Morgan fingerprint density at radius 2 is 1.81 bits per heavy atom. The molecule has 21 heavy (non-hydrogen) atoms. The molecule has 2 aromatic carbocycles. The summed E-state index contributed by atoms with van der Waals surface area (Å²) in [6.07, 6.45) is -1.45. The average molecular weight is 286 g/mol. The number of hydrogen-bond donors (Lipinski definition) is 0. The van der Waals surface area contributed by atoms with Crippen LogP contribution in [0.3, 0.4) is 0 Å². The lowest BCUT2D eigenvalue weighted by Crippen LogP contribution is -2.09. The number of fused-ring (bicyclic) bond motifs is 1. The Morgan fingerprint density at radius 1 is 1.05 bits per heavy atom. The van der Waals surface area contributed by atoms with Crippen molar-refractivity contribution in [3.8, 4) is 0 Å². The highest BCUT2D eigenvalue weighted by Gasteiger charge is 2.23. The predicted molar refractivity (Wildman–Crippen MR) is 79.5 cm³/mol. The normalized spacial score (nSPS) is 13.0. The summed E-state index contributed by atoms with van der Waals surface area (Å²) in [4.78, 5) is 4.41. The number of para-hydroxylation sites is 2. The van der Waals surface area contributed by atoms with E-state index in [9.17, 15) is 8.78 Å². The van der Waals surface area contributed by atoms with Crippen LogP contribution in [0.25, 0.3) is 11.0 Å². The van der Waals surface area contributed by atoms with E-state index in [0.717, 1.165) is 11.0 Å². The van der Waals surface area contributed by atoms with Crippen molar-refractivity contribution in [1.29, 1.82) is 0 Å². The van der Waals surface area contributed by atoms with Crippen molar-refractivity contribution < 1.29 is 8.78 Å². The molecule has 0 fully saturated rings. The van der Waals surface area contributed by atoms with Crippen LogP contribution >= 0.6 is 0 Å².